The third-order valence-electron chi connectivity index (χ3n) is 7.96. The monoisotopic (exact) mass is 556 g/mol. The van der Waals surface area contributed by atoms with E-state index in [1.807, 2.05) is 42.2 Å². The summed E-state index contributed by atoms with van der Waals surface area (Å²) in [7, 11) is 0. The maximum absolute atomic E-state index is 15.3. The van der Waals surface area contributed by atoms with Crippen LogP contribution in [0.5, 0.6) is 0 Å². The molecular formula is C30H29FN6O4. The van der Waals surface area contributed by atoms with E-state index in [2.05, 4.69) is 20.6 Å². The van der Waals surface area contributed by atoms with E-state index in [0.717, 1.165) is 53.1 Å². The largest absolute Gasteiger partial charge is 0.369 e. The molecule has 3 aliphatic rings. The number of fused-ring (bicyclic) bond motifs is 1. The van der Waals surface area contributed by atoms with Gasteiger partial charge in [-0.3, -0.25) is 29.4 Å². The number of pyridine rings is 2. The summed E-state index contributed by atoms with van der Waals surface area (Å²) in [5.74, 6) is -1.22. The third kappa shape index (κ3) is 5.27. The molecule has 6 rings (SSSR count). The van der Waals surface area contributed by atoms with Gasteiger partial charge >= 0.3 is 0 Å². The van der Waals surface area contributed by atoms with Crippen LogP contribution in [0.4, 0.5) is 21.7 Å². The fourth-order valence-electron chi connectivity index (χ4n) is 5.85. The van der Waals surface area contributed by atoms with Crippen LogP contribution >= 0.6 is 0 Å². The molecule has 3 aliphatic heterocycles. The lowest BCUT2D eigenvalue weighted by Crippen LogP contribution is -2.54. The summed E-state index contributed by atoms with van der Waals surface area (Å²) in [6, 6.07) is 11.2. The minimum absolute atomic E-state index is 0.0274. The second kappa shape index (κ2) is 10.7. The van der Waals surface area contributed by atoms with Crippen LogP contribution < -0.4 is 15.5 Å². The molecule has 2 saturated heterocycles. The zero-order valence-corrected chi connectivity index (χ0v) is 22.5. The van der Waals surface area contributed by atoms with Crippen LogP contribution in [0, 0.1) is 18.7 Å². The van der Waals surface area contributed by atoms with Gasteiger partial charge in [-0.15, -0.1) is 0 Å². The molecule has 2 N–H and O–H groups in total. The number of imide groups is 2. The van der Waals surface area contributed by atoms with Gasteiger partial charge in [0.25, 0.3) is 11.8 Å². The highest BCUT2D eigenvalue weighted by atomic mass is 19.1. The molecule has 0 spiro atoms. The number of carbonyl (C=O) groups excluding carboxylic acids is 4. The lowest BCUT2D eigenvalue weighted by atomic mass is 9.90. The van der Waals surface area contributed by atoms with Crippen molar-refractivity contribution in [2.45, 2.75) is 45.1 Å². The topological polar surface area (TPSA) is 125 Å². The smallest absolute Gasteiger partial charge is 0.262 e. The SMILES string of the molecule is Cc1cccc(Nc2cc(CC3CCN(c4cc5c(cc4F)C(=O)N(C4CCC(=O)NC4=O)C5=O)CC3)ccn2)n1. The lowest BCUT2D eigenvalue weighted by Gasteiger charge is -2.34. The maximum Gasteiger partial charge on any atom is 0.262 e. The molecular weight excluding hydrogens is 527 g/mol. The Labute approximate surface area is 236 Å². The number of rotatable bonds is 6. The minimum atomic E-state index is -1.08. The molecule has 1 atom stereocenters. The van der Waals surface area contributed by atoms with E-state index in [-0.39, 0.29) is 29.7 Å². The second-order valence-electron chi connectivity index (χ2n) is 10.8. The number of piperidine rings is 2. The van der Waals surface area contributed by atoms with Crippen LogP contribution in [0.15, 0.2) is 48.7 Å². The minimum Gasteiger partial charge on any atom is -0.369 e. The van der Waals surface area contributed by atoms with Gasteiger partial charge in [0, 0.05) is 31.4 Å². The van der Waals surface area contributed by atoms with Crippen LogP contribution in [-0.2, 0) is 16.0 Å². The van der Waals surface area contributed by atoms with E-state index in [1.165, 1.54) is 6.07 Å². The summed E-state index contributed by atoms with van der Waals surface area (Å²) in [5, 5.41) is 5.42. The number of hydrogen-bond acceptors (Lipinski definition) is 8. The van der Waals surface area contributed by atoms with Crippen molar-refractivity contribution in [2.75, 3.05) is 23.3 Å². The zero-order chi connectivity index (χ0) is 28.7. The molecule has 0 saturated carbocycles. The quantitative estimate of drug-likeness (QED) is 0.442. The van der Waals surface area contributed by atoms with Crippen molar-refractivity contribution < 1.29 is 23.6 Å². The number of aryl methyl sites for hydroxylation is 1. The van der Waals surface area contributed by atoms with Crippen molar-refractivity contribution >= 4 is 41.0 Å². The van der Waals surface area contributed by atoms with Crippen molar-refractivity contribution in [3.8, 4) is 0 Å². The highest BCUT2D eigenvalue weighted by Crippen LogP contribution is 2.34. The molecule has 0 radical (unpaired) electrons. The van der Waals surface area contributed by atoms with E-state index in [9.17, 15) is 19.2 Å². The predicted molar refractivity (Wildman–Crippen MR) is 148 cm³/mol. The Bertz CT molecular complexity index is 1570. The Hall–Kier alpha value is -4.67. The average Bonchev–Trinajstić information content (AvgIpc) is 3.17. The normalized spacial score (nSPS) is 19.4. The molecule has 10 nitrogen and oxygen atoms in total. The van der Waals surface area contributed by atoms with Crippen molar-refractivity contribution in [1.82, 2.24) is 20.2 Å². The molecule has 2 aromatic heterocycles. The van der Waals surface area contributed by atoms with Crippen molar-refractivity contribution in [2.24, 2.45) is 5.92 Å². The first-order chi connectivity index (χ1) is 19.8. The molecule has 1 unspecified atom stereocenters. The Balaban J connectivity index is 1.11. The van der Waals surface area contributed by atoms with Crippen molar-refractivity contribution in [3.05, 3.63) is 76.9 Å². The number of aromatic nitrogens is 2. The number of benzene rings is 1. The first-order valence-corrected chi connectivity index (χ1v) is 13.7. The number of nitrogens with one attached hydrogen (secondary N) is 2. The van der Waals surface area contributed by atoms with Gasteiger partial charge in [0.2, 0.25) is 11.8 Å². The van der Waals surface area contributed by atoms with Crippen molar-refractivity contribution in [1.29, 1.82) is 0 Å². The molecule has 1 aromatic carbocycles. The number of nitrogens with zero attached hydrogens (tertiary/aromatic N) is 4. The summed E-state index contributed by atoms with van der Waals surface area (Å²) in [6.07, 6.45) is 4.37. The molecule has 41 heavy (non-hydrogen) atoms. The number of hydrogen-bond donors (Lipinski definition) is 2. The standard InChI is InChI=1S/C30H29FN6O4/c1-17-3-2-4-25(33-17)34-26-14-19(7-10-32-26)13-18-8-11-36(12-9-18)24-16-21-20(15-22(24)31)29(40)37(30(21)41)23-5-6-27(38)35-28(23)39/h2-4,7,10,14-16,18,23H,5-6,8-9,11-13H2,1H3,(H,32,33,34)(H,35,38,39). The highest BCUT2D eigenvalue weighted by molar-refractivity contribution is 6.23. The van der Waals surface area contributed by atoms with Crippen LogP contribution in [0.25, 0.3) is 0 Å². The van der Waals surface area contributed by atoms with Gasteiger partial charge < -0.3 is 10.2 Å². The predicted octanol–water partition coefficient (Wildman–Crippen LogP) is 3.53. The van der Waals surface area contributed by atoms with Gasteiger partial charge in [-0.2, -0.15) is 0 Å². The highest BCUT2D eigenvalue weighted by Gasteiger charge is 2.45. The molecule has 210 valence electrons. The number of halogens is 1. The lowest BCUT2D eigenvalue weighted by molar-refractivity contribution is -0.136. The summed E-state index contributed by atoms with van der Waals surface area (Å²) < 4.78 is 15.3. The molecule has 5 heterocycles. The summed E-state index contributed by atoms with van der Waals surface area (Å²) >= 11 is 0. The van der Waals surface area contributed by atoms with E-state index < -0.39 is 35.5 Å². The van der Waals surface area contributed by atoms with Gasteiger partial charge in [0.05, 0.1) is 16.8 Å². The molecule has 0 aliphatic carbocycles. The van der Waals surface area contributed by atoms with E-state index in [0.29, 0.717) is 19.0 Å². The van der Waals surface area contributed by atoms with Crippen LogP contribution in [0.1, 0.15) is 57.7 Å². The number of amides is 4. The molecule has 11 heteroatoms. The van der Waals surface area contributed by atoms with Gasteiger partial charge in [-0.25, -0.2) is 14.4 Å². The Morgan fingerprint density at radius 2 is 1.73 bits per heavy atom. The van der Waals surface area contributed by atoms with Gasteiger partial charge in [-0.1, -0.05) is 6.07 Å². The first-order valence-electron chi connectivity index (χ1n) is 13.7. The Morgan fingerprint density at radius 1 is 0.976 bits per heavy atom. The molecule has 4 amide bonds. The maximum atomic E-state index is 15.3. The third-order valence-corrected chi connectivity index (χ3v) is 7.96. The fourth-order valence-corrected chi connectivity index (χ4v) is 5.85. The van der Waals surface area contributed by atoms with Gasteiger partial charge in [-0.05, 0) is 80.5 Å². The van der Waals surface area contributed by atoms with Gasteiger partial charge in [0.1, 0.15) is 23.5 Å². The Kier molecular flexibility index (Phi) is 6.94. The average molecular weight is 557 g/mol. The fraction of sp³-hybridized carbons (Fsp3) is 0.333. The van der Waals surface area contributed by atoms with E-state index >= 15 is 4.39 Å². The van der Waals surface area contributed by atoms with E-state index in [1.54, 1.807) is 6.20 Å². The summed E-state index contributed by atoms with van der Waals surface area (Å²) in [4.78, 5) is 61.6. The summed E-state index contributed by atoms with van der Waals surface area (Å²) in [5.41, 5.74) is 2.36. The van der Waals surface area contributed by atoms with Crippen LogP contribution in [-0.4, -0.2) is 57.6 Å². The molecule has 3 aromatic rings. The number of carbonyl (C=O) groups is 4. The van der Waals surface area contributed by atoms with Gasteiger partial charge in [0.15, 0.2) is 0 Å². The molecule has 0 bridgehead atoms. The van der Waals surface area contributed by atoms with Crippen molar-refractivity contribution in [3.63, 3.8) is 0 Å². The number of anilines is 3. The van der Waals surface area contributed by atoms with Crippen LogP contribution in [0.2, 0.25) is 0 Å². The Morgan fingerprint density at radius 3 is 2.46 bits per heavy atom. The first kappa shape index (κ1) is 26.5. The zero-order valence-electron chi connectivity index (χ0n) is 22.5. The molecule has 2 fully saturated rings. The summed E-state index contributed by atoms with van der Waals surface area (Å²) in [6.45, 7) is 3.13. The van der Waals surface area contributed by atoms with E-state index in [4.69, 9.17) is 0 Å². The van der Waals surface area contributed by atoms with Crippen LogP contribution in [0.3, 0.4) is 0 Å². The second-order valence-corrected chi connectivity index (χ2v) is 10.8.